The smallest absolute Gasteiger partial charge is 0.276 e. The van der Waals surface area contributed by atoms with Gasteiger partial charge in [0, 0.05) is 7.05 Å². The maximum atomic E-state index is 12.4. The molecule has 3 N–H and O–H groups in total. The molecule has 6 nitrogen and oxygen atoms in total. The van der Waals surface area contributed by atoms with Crippen LogP contribution in [0, 0.1) is 0 Å². The molecule has 20 heavy (non-hydrogen) atoms. The molecule has 6 heteroatoms. The molecule has 0 aliphatic carbocycles. The predicted molar refractivity (Wildman–Crippen MR) is 77.8 cm³/mol. The van der Waals surface area contributed by atoms with Crippen molar-refractivity contribution in [2.45, 2.75) is 0 Å². The number of amides is 1. The van der Waals surface area contributed by atoms with Crippen molar-refractivity contribution in [3.63, 3.8) is 0 Å². The third-order valence-corrected chi connectivity index (χ3v) is 2.87. The molecule has 1 amide bonds. The van der Waals surface area contributed by atoms with Crippen LogP contribution >= 0.6 is 0 Å². The van der Waals surface area contributed by atoms with E-state index in [0.717, 1.165) is 0 Å². The fourth-order valence-electron chi connectivity index (χ4n) is 1.82. The minimum absolute atomic E-state index is 0.244. The minimum Gasteiger partial charge on any atom is -0.495 e. The van der Waals surface area contributed by atoms with Gasteiger partial charge in [0.15, 0.2) is 0 Å². The van der Waals surface area contributed by atoms with Crippen molar-refractivity contribution in [3.05, 3.63) is 48.2 Å². The molecule has 1 heterocycles. The molecule has 1 aromatic heterocycles. The molecule has 0 aliphatic rings. The number of nitrogens with two attached hydrogens (primary N) is 1. The number of carbonyl (C=O) groups is 1. The molecule has 0 unspecified atom stereocenters. The molecule has 0 radical (unpaired) electrons. The van der Waals surface area contributed by atoms with Crippen molar-refractivity contribution in [3.8, 4) is 5.75 Å². The Labute approximate surface area is 117 Å². The molecule has 0 fully saturated rings. The predicted octanol–water partition coefficient (Wildman–Crippen LogP) is 1.65. The number of carbonyl (C=O) groups excluding carboxylic acids is 1. The monoisotopic (exact) mass is 272 g/mol. The number of hydrogen-bond acceptors (Lipinski definition) is 5. The number of methoxy groups -OCH3 is 1. The van der Waals surface area contributed by atoms with E-state index in [2.05, 4.69) is 10.4 Å². The number of benzene rings is 1. The van der Waals surface area contributed by atoms with E-state index >= 15 is 0 Å². The maximum Gasteiger partial charge on any atom is 0.276 e. The van der Waals surface area contributed by atoms with Crippen LogP contribution in [0.1, 0.15) is 10.5 Å². The maximum absolute atomic E-state index is 12.4. The number of hydrazine groups is 1. The Morgan fingerprint density at radius 3 is 2.70 bits per heavy atom. The van der Waals surface area contributed by atoms with Gasteiger partial charge in [0.2, 0.25) is 0 Å². The Hall–Kier alpha value is -2.60. The Kier molecular flexibility index (Phi) is 4.17. The third-order valence-electron chi connectivity index (χ3n) is 2.87. The number of aromatic nitrogens is 1. The Morgan fingerprint density at radius 2 is 2.00 bits per heavy atom. The van der Waals surface area contributed by atoms with Gasteiger partial charge in [0.05, 0.1) is 12.8 Å². The normalized spacial score (nSPS) is 9.95. The first-order chi connectivity index (χ1) is 9.67. The van der Waals surface area contributed by atoms with Crippen molar-refractivity contribution in [2.24, 2.45) is 5.84 Å². The fourth-order valence-corrected chi connectivity index (χ4v) is 1.82. The lowest BCUT2D eigenvalue weighted by Gasteiger charge is -2.19. The fraction of sp³-hybridized carbons (Fsp3) is 0.143. The number of anilines is 2. The van der Waals surface area contributed by atoms with Crippen LogP contribution in [-0.4, -0.2) is 25.0 Å². The topological polar surface area (TPSA) is 80.5 Å². The third kappa shape index (κ3) is 2.70. The van der Waals surface area contributed by atoms with Crippen LogP contribution < -0.4 is 20.9 Å². The van der Waals surface area contributed by atoms with Gasteiger partial charge in [-0.15, -0.1) is 0 Å². The van der Waals surface area contributed by atoms with Gasteiger partial charge in [-0.05, 0) is 24.3 Å². The molecular formula is C14H16N4O2. The van der Waals surface area contributed by atoms with Gasteiger partial charge in [-0.3, -0.25) is 4.79 Å². The van der Waals surface area contributed by atoms with E-state index < -0.39 is 0 Å². The van der Waals surface area contributed by atoms with Crippen LogP contribution in [0.4, 0.5) is 11.5 Å². The summed E-state index contributed by atoms with van der Waals surface area (Å²) in [4.78, 5) is 18.0. The second-order valence-electron chi connectivity index (χ2n) is 4.09. The molecule has 1 aromatic carbocycles. The van der Waals surface area contributed by atoms with Crippen LogP contribution in [0.15, 0.2) is 42.5 Å². The standard InChI is InChI=1S/C14H16N4O2/c1-18(11-7-3-4-8-12(11)20-2)14(19)10-6-5-9-13(16-10)17-15/h3-9H,15H2,1-2H3,(H,16,17). The van der Waals surface area contributed by atoms with Crippen molar-refractivity contribution < 1.29 is 9.53 Å². The van der Waals surface area contributed by atoms with Gasteiger partial charge in [-0.25, -0.2) is 10.8 Å². The van der Waals surface area contributed by atoms with Gasteiger partial charge < -0.3 is 15.1 Å². The zero-order valence-corrected chi connectivity index (χ0v) is 11.3. The van der Waals surface area contributed by atoms with Crippen LogP contribution in [0.25, 0.3) is 0 Å². The average molecular weight is 272 g/mol. The number of para-hydroxylation sites is 2. The lowest BCUT2D eigenvalue weighted by Crippen LogP contribution is -2.27. The Bertz CT molecular complexity index is 616. The molecule has 0 spiro atoms. The van der Waals surface area contributed by atoms with E-state index in [1.165, 1.54) is 4.90 Å². The molecule has 2 rings (SSSR count). The second-order valence-corrected chi connectivity index (χ2v) is 4.09. The average Bonchev–Trinajstić information content (AvgIpc) is 2.53. The van der Waals surface area contributed by atoms with Gasteiger partial charge in [0.25, 0.3) is 5.91 Å². The number of pyridine rings is 1. The highest BCUT2D eigenvalue weighted by molar-refractivity contribution is 6.05. The highest BCUT2D eigenvalue weighted by atomic mass is 16.5. The molecule has 0 saturated heterocycles. The molecule has 2 aromatic rings. The Balaban J connectivity index is 2.32. The summed E-state index contributed by atoms with van der Waals surface area (Å²) in [7, 11) is 3.23. The van der Waals surface area contributed by atoms with Gasteiger partial charge in [-0.1, -0.05) is 18.2 Å². The van der Waals surface area contributed by atoms with Crippen LogP contribution in [0.3, 0.4) is 0 Å². The molecular weight excluding hydrogens is 256 g/mol. The van der Waals surface area contributed by atoms with Crippen molar-refractivity contribution >= 4 is 17.4 Å². The van der Waals surface area contributed by atoms with E-state index in [-0.39, 0.29) is 5.91 Å². The summed E-state index contributed by atoms with van der Waals surface area (Å²) in [6.45, 7) is 0. The number of rotatable bonds is 4. The zero-order chi connectivity index (χ0) is 14.5. The largest absolute Gasteiger partial charge is 0.495 e. The van der Waals surface area contributed by atoms with E-state index in [4.69, 9.17) is 10.6 Å². The van der Waals surface area contributed by atoms with Gasteiger partial charge in [-0.2, -0.15) is 0 Å². The van der Waals surface area contributed by atoms with Crippen molar-refractivity contribution in [2.75, 3.05) is 24.5 Å². The number of hydrogen-bond donors (Lipinski definition) is 2. The number of nitrogens with zero attached hydrogens (tertiary/aromatic N) is 2. The zero-order valence-electron chi connectivity index (χ0n) is 11.3. The summed E-state index contributed by atoms with van der Waals surface area (Å²) in [5.41, 5.74) is 3.39. The summed E-state index contributed by atoms with van der Waals surface area (Å²) < 4.78 is 5.25. The molecule has 104 valence electrons. The summed E-state index contributed by atoms with van der Waals surface area (Å²) in [6.07, 6.45) is 0. The summed E-state index contributed by atoms with van der Waals surface area (Å²) in [5, 5.41) is 0. The highest BCUT2D eigenvalue weighted by Crippen LogP contribution is 2.27. The van der Waals surface area contributed by atoms with Crippen molar-refractivity contribution in [1.82, 2.24) is 4.98 Å². The number of nitrogens with one attached hydrogen (secondary N) is 1. The summed E-state index contributed by atoms with van der Waals surface area (Å²) in [5.74, 6) is 6.11. The van der Waals surface area contributed by atoms with E-state index in [1.807, 2.05) is 18.2 Å². The summed E-state index contributed by atoms with van der Waals surface area (Å²) in [6, 6.07) is 12.3. The highest BCUT2D eigenvalue weighted by Gasteiger charge is 2.18. The Morgan fingerprint density at radius 1 is 1.25 bits per heavy atom. The molecule has 0 saturated carbocycles. The first-order valence-corrected chi connectivity index (χ1v) is 6.02. The lowest BCUT2D eigenvalue weighted by atomic mass is 10.2. The van der Waals surface area contributed by atoms with Crippen LogP contribution in [0.2, 0.25) is 0 Å². The van der Waals surface area contributed by atoms with Crippen molar-refractivity contribution in [1.29, 1.82) is 0 Å². The molecule has 0 bridgehead atoms. The molecule has 0 atom stereocenters. The van der Waals surface area contributed by atoms with E-state index in [9.17, 15) is 4.79 Å². The SMILES string of the molecule is COc1ccccc1N(C)C(=O)c1cccc(NN)n1. The lowest BCUT2D eigenvalue weighted by molar-refractivity contribution is 0.0988. The van der Waals surface area contributed by atoms with Crippen LogP contribution in [0.5, 0.6) is 5.75 Å². The first kappa shape index (κ1) is 13.8. The minimum atomic E-state index is -0.244. The van der Waals surface area contributed by atoms with Crippen LogP contribution in [-0.2, 0) is 0 Å². The first-order valence-electron chi connectivity index (χ1n) is 6.02. The summed E-state index contributed by atoms with van der Waals surface area (Å²) >= 11 is 0. The number of nitrogen functional groups attached to an aromatic ring is 1. The number of ether oxygens (including phenoxy) is 1. The quantitative estimate of drug-likeness (QED) is 0.653. The molecule has 0 aliphatic heterocycles. The second kappa shape index (κ2) is 6.03. The van der Waals surface area contributed by atoms with Gasteiger partial charge >= 0.3 is 0 Å². The van der Waals surface area contributed by atoms with Gasteiger partial charge in [0.1, 0.15) is 17.3 Å². The van der Waals surface area contributed by atoms with E-state index in [1.54, 1.807) is 38.4 Å². The van der Waals surface area contributed by atoms with E-state index in [0.29, 0.717) is 22.9 Å².